The lowest BCUT2D eigenvalue weighted by Crippen LogP contribution is -2.26. The van der Waals surface area contributed by atoms with Crippen molar-refractivity contribution in [2.24, 2.45) is 0 Å². The third-order valence-electron chi connectivity index (χ3n) is 6.65. The summed E-state index contributed by atoms with van der Waals surface area (Å²) in [5.41, 5.74) is 1.93. The van der Waals surface area contributed by atoms with Crippen LogP contribution in [0.5, 0.6) is 0 Å². The van der Waals surface area contributed by atoms with Crippen molar-refractivity contribution in [2.45, 2.75) is 0 Å². The van der Waals surface area contributed by atoms with Crippen LogP contribution in [0.25, 0.3) is 32.7 Å². The molecule has 36 heavy (non-hydrogen) atoms. The summed E-state index contributed by atoms with van der Waals surface area (Å²) in [5.74, 6) is 0. The van der Waals surface area contributed by atoms with E-state index >= 15 is 0 Å². The van der Waals surface area contributed by atoms with Gasteiger partial charge in [-0.2, -0.15) is 0 Å². The van der Waals surface area contributed by atoms with Gasteiger partial charge in [0.05, 0.1) is 0 Å². The SMILES string of the molecule is O=[PH](c1ccccc1)c1cc2ccccc2c(-c2cccc3ccccc23)c1[PH](=O)c1ccccc1. The van der Waals surface area contributed by atoms with Crippen molar-refractivity contribution in [1.29, 1.82) is 0 Å². The Bertz CT molecular complexity index is 1760. The van der Waals surface area contributed by atoms with Gasteiger partial charge in [0, 0.05) is 26.8 Å². The first-order valence-corrected chi connectivity index (χ1v) is 14.8. The van der Waals surface area contributed by atoms with E-state index in [0.717, 1.165) is 43.3 Å². The van der Waals surface area contributed by atoms with Crippen molar-refractivity contribution in [1.82, 2.24) is 0 Å². The Morgan fingerprint density at radius 2 is 0.972 bits per heavy atom. The van der Waals surface area contributed by atoms with E-state index in [2.05, 4.69) is 36.4 Å². The summed E-state index contributed by atoms with van der Waals surface area (Å²) in [5, 5.41) is 7.14. The van der Waals surface area contributed by atoms with Crippen LogP contribution in [-0.2, 0) is 9.13 Å². The topological polar surface area (TPSA) is 34.1 Å². The molecule has 2 nitrogen and oxygen atoms in total. The van der Waals surface area contributed by atoms with Crippen molar-refractivity contribution in [2.75, 3.05) is 0 Å². The van der Waals surface area contributed by atoms with Gasteiger partial charge in [-0.05, 0) is 33.2 Å². The first kappa shape index (κ1) is 22.7. The molecular weight excluding hydrogens is 478 g/mol. The normalized spacial score (nSPS) is 13.0. The fourth-order valence-electron chi connectivity index (χ4n) is 4.96. The predicted octanol–water partition coefficient (Wildman–Crippen LogP) is 6.68. The molecule has 0 aliphatic carbocycles. The number of benzene rings is 6. The molecule has 174 valence electrons. The van der Waals surface area contributed by atoms with Crippen molar-refractivity contribution >= 4 is 58.4 Å². The van der Waals surface area contributed by atoms with Crippen LogP contribution < -0.4 is 21.2 Å². The number of fused-ring (bicyclic) bond motifs is 2. The van der Waals surface area contributed by atoms with Crippen LogP contribution in [-0.4, -0.2) is 0 Å². The second kappa shape index (κ2) is 9.75. The third-order valence-corrected chi connectivity index (χ3v) is 10.5. The number of rotatable bonds is 5. The van der Waals surface area contributed by atoms with Crippen molar-refractivity contribution in [3.8, 4) is 11.1 Å². The molecule has 4 heteroatoms. The number of hydrogen-bond donors (Lipinski definition) is 0. The Kier molecular flexibility index (Phi) is 6.16. The lowest BCUT2D eigenvalue weighted by Gasteiger charge is -2.20. The van der Waals surface area contributed by atoms with Gasteiger partial charge in [0.1, 0.15) is 15.6 Å². The van der Waals surface area contributed by atoms with E-state index in [4.69, 9.17) is 0 Å². The molecule has 0 amide bonds. The van der Waals surface area contributed by atoms with Crippen LogP contribution in [0.15, 0.2) is 133 Å². The molecule has 0 saturated heterocycles. The zero-order valence-electron chi connectivity index (χ0n) is 19.5. The third kappa shape index (κ3) is 4.03. The summed E-state index contributed by atoms with van der Waals surface area (Å²) in [7, 11) is -4.91. The minimum Gasteiger partial charge on any atom is -0.317 e. The average molecular weight is 502 g/mol. The second-order valence-corrected chi connectivity index (χ2v) is 12.3. The zero-order valence-corrected chi connectivity index (χ0v) is 21.5. The molecule has 0 spiro atoms. The van der Waals surface area contributed by atoms with E-state index in [0.29, 0.717) is 10.6 Å². The summed E-state index contributed by atoms with van der Waals surface area (Å²) in [4.78, 5) is 0. The van der Waals surface area contributed by atoms with Gasteiger partial charge in [-0.15, -0.1) is 0 Å². The lowest BCUT2D eigenvalue weighted by atomic mass is 9.94. The maximum absolute atomic E-state index is 14.4. The minimum absolute atomic E-state index is 0.681. The van der Waals surface area contributed by atoms with Gasteiger partial charge in [-0.1, -0.05) is 127 Å². The van der Waals surface area contributed by atoms with Crippen molar-refractivity contribution in [3.05, 3.63) is 133 Å². The van der Waals surface area contributed by atoms with E-state index in [-0.39, 0.29) is 0 Å². The summed E-state index contributed by atoms with van der Waals surface area (Å²) in [6.45, 7) is 0. The fraction of sp³-hybridized carbons (Fsp3) is 0. The van der Waals surface area contributed by atoms with Gasteiger partial charge in [-0.25, -0.2) is 0 Å². The molecular formula is C32H24O2P2. The summed E-state index contributed by atoms with van der Waals surface area (Å²) >= 11 is 0. The molecule has 0 N–H and O–H groups in total. The largest absolute Gasteiger partial charge is 0.317 e. The van der Waals surface area contributed by atoms with Gasteiger partial charge in [0.2, 0.25) is 0 Å². The first-order valence-electron chi connectivity index (χ1n) is 12.0. The monoisotopic (exact) mass is 502 g/mol. The molecule has 0 aromatic heterocycles. The average Bonchev–Trinajstić information content (AvgIpc) is 2.96. The van der Waals surface area contributed by atoms with Crippen molar-refractivity contribution in [3.63, 3.8) is 0 Å². The Morgan fingerprint density at radius 3 is 1.67 bits per heavy atom. The molecule has 0 aliphatic heterocycles. The van der Waals surface area contributed by atoms with Crippen LogP contribution in [0.4, 0.5) is 0 Å². The Balaban J connectivity index is 1.77. The molecule has 0 heterocycles. The highest BCUT2D eigenvalue weighted by Gasteiger charge is 2.25. The van der Waals surface area contributed by atoms with Crippen LogP contribution >= 0.6 is 15.6 Å². The second-order valence-electron chi connectivity index (χ2n) is 8.81. The standard InChI is InChI=1S/C32H24O2P2/c33-35(25-15-3-1-4-16-25)30-22-24-13-8-10-20-28(24)31(32(30)36(34)26-17-5-2-6-18-26)29-21-11-14-23-12-7-9-19-27(23)29/h1-22,35-36H. The predicted molar refractivity (Wildman–Crippen MR) is 156 cm³/mol. The van der Waals surface area contributed by atoms with Crippen LogP contribution in [0.3, 0.4) is 0 Å². The van der Waals surface area contributed by atoms with Gasteiger partial charge in [-0.3, -0.25) is 0 Å². The maximum atomic E-state index is 14.4. The summed E-state index contributed by atoms with van der Waals surface area (Å²) in [6, 6.07) is 43.8. The molecule has 0 bridgehead atoms. The van der Waals surface area contributed by atoms with E-state index in [1.165, 1.54) is 0 Å². The maximum Gasteiger partial charge on any atom is 0.133 e. The lowest BCUT2D eigenvalue weighted by molar-refractivity contribution is 0.596. The molecule has 0 saturated carbocycles. The Morgan fingerprint density at radius 1 is 0.444 bits per heavy atom. The first-order chi connectivity index (χ1) is 17.7. The highest BCUT2D eigenvalue weighted by Crippen LogP contribution is 2.39. The van der Waals surface area contributed by atoms with E-state index < -0.39 is 15.6 Å². The van der Waals surface area contributed by atoms with Gasteiger partial charge >= 0.3 is 0 Å². The van der Waals surface area contributed by atoms with Gasteiger partial charge in [0.25, 0.3) is 0 Å². The molecule has 6 rings (SSSR count). The molecule has 0 fully saturated rings. The van der Waals surface area contributed by atoms with Crippen LogP contribution in [0.2, 0.25) is 0 Å². The van der Waals surface area contributed by atoms with Gasteiger partial charge < -0.3 is 9.13 Å². The van der Waals surface area contributed by atoms with E-state index in [1.807, 2.05) is 97.1 Å². The summed E-state index contributed by atoms with van der Waals surface area (Å²) < 4.78 is 28.6. The Labute approximate surface area is 211 Å². The van der Waals surface area contributed by atoms with Crippen LogP contribution in [0.1, 0.15) is 0 Å². The minimum atomic E-state index is -2.49. The molecule has 2 unspecified atom stereocenters. The molecule has 6 aromatic rings. The quantitative estimate of drug-likeness (QED) is 0.247. The molecule has 0 radical (unpaired) electrons. The zero-order chi connectivity index (χ0) is 24.5. The van der Waals surface area contributed by atoms with Crippen molar-refractivity contribution < 1.29 is 9.13 Å². The molecule has 2 atom stereocenters. The molecule has 0 aliphatic rings. The van der Waals surface area contributed by atoms with E-state index in [1.54, 1.807) is 0 Å². The molecule has 6 aromatic carbocycles. The van der Waals surface area contributed by atoms with E-state index in [9.17, 15) is 9.13 Å². The highest BCUT2D eigenvalue weighted by atomic mass is 31.1. The van der Waals surface area contributed by atoms with Gasteiger partial charge in [0.15, 0.2) is 0 Å². The Hall–Kier alpha value is -3.70. The number of hydrogen-bond acceptors (Lipinski definition) is 2. The fourth-order valence-corrected chi connectivity index (χ4v) is 8.69. The highest BCUT2D eigenvalue weighted by molar-refractivity contribution is 7.68. The van der Waals surface area contributed by atoms with Crippen LogP contribution in [0, 0.1) is 0 Å². The smallest absolute Gasteiger partial charge is 0.133 e. The summed E-state index contributed by atoms with van der Waals surface area (Å²) in [6.07, 6.45) is 0.